The van der Waals surface area contributed by atoms with Crippen molar-refractivity contribution in [1.82, 2.24) is 20.0 Å². The number of rotatable bonds is 4. The molecule has 178 valence electrons. The second kappa shape index (κ2) is 7.86. The van der Waals surface area contributed by atoms with Crippen molar-refractivity contribution >= 4 is 16.8 Å². The number of hydrogen-bond acceptors (Lipinski definition) is 5. The van der Waals surface area contributed by atoms with Gasteiger partial charge in [-0.3, -0.25) is 9.78 Å². The summed E-state index contributed by atoms with van der Waals surface area (Å²) in [4.78, 5) is 19.2. The van der Waals surface area contributed by atoms with E-state index >= 15 is 0 Å². The summed E-state index contributed by atoms with van der Waals surface area (Å²) in [5, 5.41) is 19.9. The highest BCUT2D eigenvalue weighted by atomic mass is 16.3. The Hall–Kier alpha value is -1.82. The lowest BCUT2D eigenvalue weighted by Gasteiger charge is -2.57. The molecule has 0 aromatic carbocycles. The summed E-state index contributed by atoms with van der Waals surface area (Å²) >= 11 is 0. The van der Waals surface area contributed by atoms with E-state index in [2.05, 4.69) is 29.0 Å². The summed E-state index contributed by atoms with van der Waals surface area (Å²) in [6, 6.07) is 1.85. The molecule has 0 saturated heterocycles. The average Bonchev–Trinajstić information content (AvgIpc) is 3.38. The molecule has 6 rings (SSSR count). The number of ketones is 1. The summed E-state index contributed by atoms with van der Waals surface area (Å²) in [6.45, 7) is 4.84. The average molecular weight is 451 g/mol. The van der Waals surface area contributed by atoms with Gasteiger partial charge in [0.15, 0.2) is 5.78 Å². The maximum atomic E-state index is 13.5. The fraction of sp³-hybridized carbons (Fsp3) is 0.778. The molecule has 6 heteroatoms. The van der Waals surface area contributed by atoms with E-state index in [1.54, 1.807) is 17.2 Å². The molecule has 0 amide bonds. The topological polar surface area (TPSA) is 80.9 Å². The van der Waals surface area contributed by atoms with Gasteiger partial charge in [-0.2, -0.15) is 15.0 Å². The van der Waals surface area contributed by atoms with Crippen LogP contribution in [0, 0.1) is 40.9 Å². The van der Waals surface area contributed by atoms with E-state index in [1.807, 2.05) is 6.07 Å². The fourth-order valence-electron chi connectivity index (χ4n) is 8.94. The first kappa shape index (κ1) is 21.7. The van der Waals surface area contributed by atoms with E-state index in [0.717, 1.165) is 54.5 Å². The first-order valence-corrected chi connectivity index (χ1v) is 13.3. The minimum absolute atomic E-state index is 0.123. The van der Waals surface area contributed by atoms with Gasteiger partial charge < -0.3 is 5.11 Å². The van der Waals surface area contributed by atoms with Gasteiger partial charge >= 0.3 is 0 Å². The van der Waals surface area contributed by atoms with Gasteiger partial charge in [-0.25, -0.2) is 0 Å². The normalized spacial score (nSPS) is 42.5. The Bertz CT molecular complexity index is 1020. The lowest BCUT2D eigenvalue weighted by molar-refractivity contribution is -0.133. The summed E-state index contributed by atoms with van der Waals surface area (Å²) in [5.74, 6) is 4.20. The fourth-order valence-corrected chi connectivity index (χ4v) is 8.94. The van der Waals surface area contributed by atoms with Crippen LogP contribution in [0.15, 0.2) is 18.5 Å². The van der Waals surface area contributed by atoms with E-state index in [0.29, 0.717) is 17.6 Å². The third-order valence-electron chi connectivity index (χ3n) is 10.7. The molecule has 6 nitrogen and oxygen atoms in total. The highest BCUT2D eigenvalue weighted by molar-refractivity contribution is 5.82. The number of hydrogen-bond donors (Lipinski definition) is 1. The van der Waals surface area contributed by atoms with Gasteiger partial charge in [0.1, 0.15) is 17.6 Å². The van der Waals surface area contributed by atoms with Crippen LogP contribution in [0.3, 0.4) is 0 Å². The molecule has 0 aliphatic heterocycles. The largest absolute Gasteiger partial charge is 0.390 e. The Kier molecular flexibility index (Phi) is 5.17. The molecule has 0 radical (unpaired) electrons. The maximum Gasteiger partial charge on any atom is 0.159 e. The molecule has 0 bridgehead atoms. The zero-order valence-electron chi connectivity index (χ0n) is 20.1. The van der Waals surface area contributed by atoms with Gasteiger partial charge in [0.05, 0.1) is 11.8 Å². The summed E-state index contributed by atoms with van der Waals surface area (Å²) in [5.41, 5.74) is 1.26. The molecule has 2 aromatic rings. The van der Waals surface area contributed by atoms with Crippen LogP contribution in [0.4, 0.5) is 0 Å². The highest BCUT2D eigenvalue weighted by Gasteiger charge is 2.58. The van der Waals surface area contributed by atoms with E-state index in [-0.39, 0.29) is 17.9 Å². The molecule has 1 N–H and O–H groups in total. The molecule has 8 atom stereocenters. The van der Waals surface area contributed by atoms with Crippen molar-refractivity contribution in [2.45, 2.75) is 90.2 Å². The Labute approximate surface area is 196 Å². The highest BCUT2D eigenvalue weighted by Crippen LogP contribution is 2.64. The number of carbonyl (C=O) groups is 1. The molecule has 4 aliphatic carbocycles. The van der Waals surface area contributed by atoms with Crippen LogP contribution in [0.2, 0.25) is 0 Å². The third kappa shape index (κ3) is 3.46. The predicted molar refractivity (Wildman–Crippen MR) is 126 cm³/mol. The number of nitrogens with zero attached hydrogens (tertiary/aromatic N) is 4. The van der Waals surface area contributed by atoms with E-state index < -0.39 is 5.60 Å². The van der Waals surface area contributed by atoms with Gasteiger partial charge in [-0.15, -0.1) is 0 Å². The van der Waals surface area contributed by atoms with Gasteiger partial charge in [0, 0.05) is 12.1 Å². The molecule has 4 saturated carbocycles. The van der Waals surface area contributed by atoms with Crippen LogP contribution in [0.25, 0.3) is 11.0 Å². The van der Waals surface area contributed by atoms with Gasteiger partial charge in [0.25, 0.3) is 0 Å². The summed E-state index contributed by atoms with van der Waals surface area (Å²) < 4.78 is 0. The van der Waals surface area contributed by atoms with E-state index in [9.17, 15) is 9.90 Å². The van der Waals surface area contributed by atoms with Crippen LogP contribution in [0.5, 0.6) is 0 Å². The Morgan fingerprint density at radius 3 is 2.70 bits per heavy atom. The van der Waals surface area contributed by atoms with Crippen LogP contribution < -0.4 is 0 Å². The van der Waals surface area contributed by atoms with Crippen molar-refractivity contribution in [2.24, 2.45) is 40.9 Å². The minimum atomic E-state index is -0.413. The number of Topliss-reactive ketones (excluding diaryl/α,β-unsaturated/α-hetero) is 1. The van der Waals surface area contributed by atoms with Crippen LogP contribution >= 0.6 is 0 Å². The Morgan fingerprint density at radius 2 is 1.88 bits per heavy atom. The number of aliphatic hydroxyl groups is 1. The zero-order valence-corrected chi connectivity index (χ0v) is 20.1. The summed E-state index contributed by atoms with van der Waals surface area (Å²) in [6.07, 6.45) is 14.8. The van der Waals surface area contributed by atoms with Crippen LogP contribution in [-0.2, 0) is 11.3 Å². The standard InChI is InChI=1S/C27H38N4O2/c1-3-27(33)12-9-18-17(14-27)4-5-20-19(18)8-11-26(2)21(20)6-7-22(26)25(32)16-31-29-23-10-13-28-15-24(23)30-31/h10,13,15,17-22,33H,3-9,11-12,14,16H2,1-2H3/t17-,18+,19-,20-,21+,22-,26+,27-/m1/s1. The smallest absolute Gasteiger partial charge is 0.159 e. The van der Waals surface area contributed by atoms with Crippen molar-refractivity contribution in [3.05, 3.63) is 18.5 Å². The van der Waals surface area contributed by atoms with Crippen molar-refractivity contribution in [2.75, 3.05) is 0 Å². The Balaban J connectivity index is 1.17. The molecule has 0 spiro atoms. The van der Waals surface area contributed by atoms with E-state index in [1.165, 1.54) is 38.5 Å². The van der Waals surface area contributed by atoms with Gasteiger partial charge in [0.2, 0.25) is 0 Å². The lowest BCUT2D eigenvalue weighted by Crippen LogP contribution is -2.51. The molecule has 4 fully saturated rings. The molecular formula is C27H38N4O2. The maximum absolute atomic E-state index is 13.5. The van der Waals surface area contributed by atoms with Crippen molar-refractivity contribution < 1.29 is 9.90 Å². The number of fused-ring (bicyclic) bond motifs is 6. The van der Waals surface area contributed by atoms with Crippen molar-refractivity contribution in [3.8, 4) is 0 Å². The Morgan fingerprint density at radius 1 is 1.06 bits per heavy atom. The third-order valence-corrected chi connectivity index (χ3v) is 10.7. The monoisotopic (exact) mass is 450 g/mol. The van der Waals surface area contributed by atoms with E-state index in [4.69, 9.17) is 0 Å². The lowest BCUT2D eigenvalue weighted by atomic mass is 9.48. The SMILES string of the molecule is CC[C@@]1(O)CC[C@H]2[C@H](CC[C@@H]3[C@@H]2CC[C@]2(C)[C@@H](C(=O)Cn4nc5ccncc5n4)CC[C@@H]32)C1. The number of pyridine rings is 1. The molecular weight excluding hydrogens is 412 g/mol. The zero-order chi connectivity index (χ0) is 22.8. The molecule has 33 heavy (non-hydrogen) atoms. The van der Waals surface area contributed by atoms with Crippen molar-refractivity contribution in [1.29, 1.82) is 0 Å². The number of aromatic nitrogens is 4. The van der Waals surface area contributed by atoms with Gasteiger partial charge in [-0.05, 0) is 105 Å². The van der Waals surface area contributed by atoms with Crippen LogP contribution in [0.1, 0.15) is 78.1 Å². The summed E-state index contributed by atoms with van der Waals surface area (Å²) in [7, 11) is 0. The first-order valence-electron chi connectivity index (χ1n) is 13.3. The first-order chi connectivity index (χ1) is 15.9. The van der Waals surface area contributed by atoms with Crippen LogP contribution in [-0.4, -0.2) is 36.5 Å². The molecule has 4 aliphatic rings. The molecule has 0 unspecified atom stereocenters. The van der Waals surface area contributed by atoms with Crippen molar-refractivity contribution in [3.63, 3.8) is 0 Å². The quantitative estimate of drug-likeness (QED) is 0.723. The molecule has 2 heterocycles. The molecule has 2 aromatic heterocycles. The second-order valence-electron chi connectivity index (χ2n) is 12.0. The number of carbonyl (C=O) groups excluding carboxylic acids is 1. The van der Waals surface area contributed by atoms with Gasteiger partial charge in [-0.1, -0.05) is 13.8 Å². The predicted octanol–water partition coefficient (Wildman–Crippen LogP) is 4.81. The second-order valence-corrected chi connectivity index (χ2v) is 12.0. The minimum Gasteiger partial charge on any atom is -0.390 e.